The van der Waals surface area contributed by atoms with Crippen LogP contribution in [-0.2, 0) is 9.53 Å². The van der Waals surface area contributed by atoms with Crippen molar-refractivity contribution in [2.24, 2.45) is 5.92 Å². The summed E-state index contributed by atoms with van der Waals surface area (Å²) in [6, 6.07) is 6.98. The molecule has 4 nitrogen and oxygen atoms in total. The maximum absolute atomic E-state index is 12.4. The first-order chi connectivity index (χ1) is 9.63. The second-order valence-electron chi connectivity index (χ2n) is 4.82. The van der Waals surface area contributed by atoms with Gasteiger partial charge in [-0.2, -0.15) is 0 Å². The molecule has 1 fully saturated rings. The minimum Gasteiger partial charge on any atom is -0.466 e. The molecule has 0 unspecified atom stereocenters. The summed E-state index contributed by atoms with van der Waals surface area (Å²) in [6.45, 7) is 3.21. The highest BCUT2D eigenvalue weighted by atomic mass is 35.5. The number of hydrogen-bond donors (Lipinski definition) is 0. The molecule has 1 aliphatic heterocycles. The van der Waals surface area contributed by atoms with E-state index < -0.39 is 0 Å². The molecule has 1 saturated heterocycles. The van der Waals surface area contributed by atoms with E-state index in [0.717, 1.165) is 12.8 Å². The van der Waals surface area contributed by atoms with Gasteiger partial charge in [-0.3, -0.25) is 9.59 Å². The Kier molecular flexibility index (Phi) is 5.01. The summed E-state index contributed by atoms with van der Waals surface area (Å²) in [5.41, 5.74) is 0.485. The third kappa shape index (κ3) is 3.31. The third-order valence-corrected chi connectivity index (χ3v) is 3.76. The molecule has 0 aromatic heterocycles. The van der Waals surface area contributed by atoms with Crippen LogP contribution in [0.1, 0.15) is 30.1 Å². The van der Waals surface area contributed by atoms with Gasteiger partial charge in [0.1, 0.15) is 0 Å². The van der Waals surface area contributed by atoms with Gasteiger partial charge < -0.3 is 9.64 Å². The molecule has 5 heteroatoms. The Hall–Kier alpha value is -1.55. The summed E-state index contributed by atoms with van der Waals surface area (Å²) >= 11 is 6.05. The number of carbonyl (C=O) groups excluding carboxylic acids is 2. The summed E-state index contributed by atoms with van der Waals surface area (Å²) < 4.78 is 5.04. The number of esters is 1. The van der Waals surface area contributed by atoms with Crippen LogP contribution in [0.3, 0.4) is 0 Å². The Bertz CT molecular complexity index is 504. The molecule has 0 aliphatic carbocycles. The fourth-order valence-corrected chi connectivity index (χ4v) is 2.64. The van der Waals surface area contributed by atoms with Gasteiger partial charge in [0.15, 0.2) is 0 Å². The monoisotopic (exact) mass is 295 g/mol. The van der Waals surface area contributed by atoms with Gasteiger partial charge >= 0.3 is 5.97 Å². The predicted molar refractivity (Wildman–Crippen MR) is 76.7 cm³/mol. The summed E-state index contributed by atoms with van der Waals surface area (Å²) in [5.74, 6) is -0.566. The molecular weight excluding hydrogens is 278 g/mol. The number of hydrogen-bond acceptors (Lipinski definition) is 3. The van der Waals surface area contributed by atoms with E-state index in [1.807, 2.05) is 0 Å². The minimum absolute atomic E-state index is 0.121. The molecule has 0 N–H and O–H groups in total. The largest absolute Gasteiger partial charge is 0.466 e. The van der Waals surface area contributed by atoms with E-state index in [1.165, 1.54) is 0 Å². The van der Waals surface area contributed by atoms with Crippen molar-refractivity contribution in [3.8, 4) is 0 Å². The Balaban J connectivity index is 2.07. The lowest BCUT2D eigenvalue weighted by Gasteiger charge is -2.31. The van der Waals surface area contributed by atoms with Crippen LogP contribution in [0.5, 0.6) is 0 Å². The first-order valence-electron chi connectivity index (χ1n) is 6.84. The number of amides is 1. The number of halogens is 1. The molecule has 0 bridgehead atoms. The molecule has 0 saturated carbocycles. The maximum atomic E-state index is 12.4. The van der Waals surface area contributed by atoms with Gasteiger partial charge in [-0.1, -0.05) is 23.7 Å². The fraction of sp³-hybridized carbons (Fsp3) is 0.467. The molecule has 1 aromatic carbocycles. The number of benzene rings is 1. The lowest BCUT2D eigenvalue weighted by atomic mass is 9.97. The summed E-state index contributed by atoms with van der Waals surface area (Å²) in [5, 5.41) is 0.441. The van der Waals surface area contributed by atoms with E-state index in [9.17, 15) is 9.59 Å². The smallest absolute Gasteiger partial charge is 0.310 e. The van der Waals surface area contributed by atoms with Crippen LogP contribution in [0.4, 0.5) is 0 Å². The molecular formula is C15H18ClNO3. The van der Waals surface area contributed by atoms with Gasteiger partial charge in [0.05, 0.1) is 23.1 Å². The van der Waals surface area contributed by atoms with Crippen LogP contribution in [0, 0.1) is 5.92 Å². The minimum atomic E-state index is -0.227. The summed E-state index contributed by atoms with van der Waals surface area (Å²) in [4.78, 5) is 25.9. The molecule has 1 amide bonds. The van der Waals surface area contributed by atoms with Crippen LogP contribution >= 0.6 is 11.6 Å². The van der Waals surface area contributed by atoms with Crippen LogP contribution in [0.15, 0.2) is 24.3 Å². The summed E-state index contributed by atoms with van der Waals surface area (Å²) in [7, 11) is 0. The maximum Gasteiger partial charge on any atom is 0.310 e. The zero-order valence-corrected chi connectivity index (χ0v) is 12.2. The predicted octanol–water partition coefficient (Wildman–Crippen LogP) is 2.76. The molecule has 1 aliphatic rings. The second-order valence-corrected chi connectivity index (χ2v) is 5.23. The van der Waals surface area contributed by atoms with Crippen molar-refractivity contribution >= 4 is 23.5 Å². The van der Waals surface area contributed by atoms with Crippen molar-refractivity contribution in [3.63, 3.8) is 0 Å². The van der Waals surface area contributed by atoms with Gasteiger partial charge in [-0.25, -0.2) is 0 Å². The molecule has 2 rings (SSSR count). The average Bonchev–Trinajstić information content (AvgIpc) is 2.47. The van der Waals surface area contributed by atoms with E-state index in [1.54, 1.807) is 36.1 Å². The van der Waals surface area contributed by atoms with Crippen LogP contribution in [-0.4, -0.2) is 36.5 Å². The molecule has 0 spiro atoms. The first kappa shape index (κ1) is 14.9. The molecule has 0 radical (unpaired) electrons. The van der Waals surface area contributed by atoms with Crippen molar-refractivity contribution in [3.05, 3.63) is 34.9 Å². The molecule has 20 heavy (non-hydrogen) atoms. The molecule has 1 heterocycles. The van der Waals surface area contributed by atoms with Gasteiger partial charge in [0.2, 0.25) is 0 Å². The zero-order chi connectivity index (χ0) is 14.5. The number of rotatable bonds is 3. The van der Waals surface area contributed by atoms with E-state index in [0.29, 0.717) is 30.3 Å². The lowest BCUT2D eigenvalue weighted by Crippen LogP contribution is -2.42. The van der Waals surface area contributed by atoms with E-state index in [2.05, 4.69) is 0 Å². The van der Waals surface area contributed by atoms with Crippen LogP contribution in [0.2, 0.25) is 5.02 Å². The van der Waals surface area contributed by atoms with Crippen molar-refractivity contribution in [2.75, 3.05) is 19.7 Å². The molecule has 1 aromatic rings. The SMILES string of the molecule is CCOC(=O)[C@H]1CCCN(C(=O)c2ccccc2Cl)C1. The van der Waals surface area contributed by atoms with Gasteiger partial charge in [0, 0.05) is 13.1 Å². The van der Waals surface area contributed by atoms with Gasteiger partial charge in [0.25, 0.3) is 5.91 Å². The van der Waals surface area contributed by atoms with Crippen LogP contribution < -0.4 is 0 Å². The third-order valence-electron chi connectivity index (χ3n) is 3.43. The van der Waals surface area contributed by atoms with E-state index in [4.69, 9.17) is 16.3 Å². The standard InChI is InChI=1S/C15H18ClNO3/c1-2-20-15(19)11-6-5-9-17(10-11)14(18)12-7-3-4-8-13(12)16/h3-4,7-8,11H,2,5-6,9-10H2,1H3/t11-/m0/s1. The molecule has 108 valence electrons. The fourth-order valence-electron chi connectivity index (χ4n) is 2.42. The average molecular weight is 296 g/mol. The highest BCUT2D eigenvalue weighted by Gasteiger charge is 2.30. The van der Waals surface area contributed by atoms with Crippen molar-refractivity contribution in [2.45, 2.75) is 19.8 Å². The Morgan fingerprint density at radius 1 is 1.40 bits per heavy atom. The molecule has 1 atom stereocenters. The Labute approximate surface area is 123 Å². The van der Waals surface area contributed by atoms with E-state index >= 15 is 0 Å². The highest BCUT2D eigenvalue weighted by molar-refractivity contribution is 6.33. The number of ether oxygens (including phenoxy) is 1. The number of carbonyl (C=O) groups is 2. The summed E-state index contributed by atoms with van der Waals surface area (Å²) in [6.07, 6.45) is 1.57. The van der Waals surface area contributed by atoms with Crippen molar-refractivity contribution < 1.29 is 14.3 Å². The van der Waals surface area contributed by atoms with Crippen molar-refractivity contribution in [1.29, 1.82) is 0 Å². The quantitative estimate of drug-likeness (QED) is 0.806. The second kappa shape index (κ2) is 6.75. The topological polar surface area (TPSA) is 46.6 Å². The number of piperidine rings is 1. The van der Waals surface area contributed by atoms with Crippen LogP contribution in [0.25, 0.3) is 0 Å². The van der Waals surface area contributed by atoms with Gasteiger partial charge in [-0.15, -0.1) is 0 Å². The van der Waals surface area contributed by atoms with E-state index in [-0.39, 0.29) is 17.8 Å². The first-order valence-corrected chi connectivity index (χ1v) is 7.21. The normalized spacial score (nSPS) is 18.7. The zero-order valence-electron chi connectivity index (χ0n) is 11.5. The van der Waals surface area contributed by atoms with Gasteiger partial charge in [-0.05, 0) is 31.9 Å². The lowest BCUT2D eigenvalue weighted by molar-refractivity contribution is -0.149. The van der Waals surface area contributed by atoms with Crippen molar-refractivity contribution in [1.82, 2.24) is 4.90 Å². The number of likely N-dealkylation sites (tertiary alicyclic amines) is 1. The highest BCUT2D eigenvalue weighted by Crippen LogP contribution is 2.22. The Morgan fingerprint density at radius 2 is 2.15 bits per heavy atom. The Morgan fingerprint density at radius 3 is 2.85 bits per heavy atom. The number of nitrogens with zero attached hydrogens (tertiary/aromatic N) is 1.